The number of anilines is 1. The van der Waals surface area contributed by atoms with Crippen LogP contribution in [-0.2, 0) is 9.53 Å². The average molecular weight is 385 g/mol. The van der Waals surface area contributed by atoms with E-state index < -0.39 is 6.10 Å². The summed E-state index contributed by atoms with van der Waals surface area (Å²) in [5.74, 6) is -0.574. The number of amides is 1. The molecule has 3 rings (SSSR count). The molecular formula is C22H24FNO4. The summed E-state index contributed by atoms with van der Waals surface area (Å²) in [6.45, 7) is 1.65. The fourth-order valence-electron chi connectivity index (χ4n) is 3.12. The van der Waals surface area contributed by atoms with Gasteiger partial charge in [-0.15, -0.1) is 0 Å². The Balaban J connectivity index is 1.52. The van der Waals surface area contributed by atoms with Crippen molar-refractivity contribution in [2.75, 3.05) is 5.32 Å². The SMILES string of the molecule is C[C@@H](Oc1ccc(C(=O)Nc2ccc(F)cc2)cc1)C(=O)OC1CCCCC1. The minimum atomic E-state index is -0.721. The Hall–Kier alpha value is -2.89. The number of carbonyl (C=O) groups is 2. The summed E-state index contributed by atoms with van der Waals surface area (Å²) in [5.41, 5.74) is 0.930. The number of halogens is 1. The number of rotatable bonds is 6. The predicted molar refractivity (Wildman–Crippen MR) is 104 cm³/mol. The maximum absolute atomic E-state index is 12.9. The summed E-state index contributed by atoms with van der Waals surface area (Å²) in [6.07, 6.45) is 4.47. The molecule has 1 saturated carbocycles. The van der Waals surface area contributed by atoms with Gasteiger partial charge >= 0.3 is 5.97 Å². The third kappa shape index (κ3) is 5.55. The number of carbonyl (C=O) groups excluding carboxylic acids is 2. The zero-order chi connectivity index (χ0) is 19.9. The number of nitrogens with one attached hydrogen (secondary N) is 1. The highest BCUT2D eigenvalue weighted by Gasteiger charge is 2.23. The zero-order valence-electron chi connectivity index (χ0n) is 15.8. The monoisotopic (exact) mass is 385 g/mol. The molecular weight excluding hydrogens is 361 g/mol. The van der Waals surface area contributed by atoms with E-state index >= 15 is 0 Å². The number of ether oxygens (including phenoxy) is 2. The Morgan fingerprint density at radius 2 is 1.64 bits per heavy atom. The molecule has 1 fully saturated rings. The van der Waals surface area contributed by atoms with Crippen LogP contribution in [-0.4, -0.2) is 24.1 Å². The molecule has 0 spiro atoms. The second-order valence-corrected chi connectivity index (χ2v) is 6.94. The van der Waals surface area contributed by atoms with Crippen LogP contribution in [0, 0.1) is 5.82 Å². The zero-order valence-corrected chi connectivity index (χ0v) is 15.8. The molecule has 28 heavy (non-hydrogen) atoms. The second-order valence-electron chi connectivity index (χ2n) is 6.94. The molecule has 6 heteroatoms. The molecule has 2 aromatic carbocycles. The third-order valence-corrected chi connectivity index (χ3v) is 4.70. The topological polar surface area (TPSA) is 64.6 Å². The van der Waals surface area contributed by atoms with Gasteiger partial charge in [-0.05, 0) is 81.1 Å². The molecule has 1 atom stereocenters. The van der Waals surface area contributed by atoms with Crippen molar-refractivity contribution in [1.82, 2.24) is 0 Å². The van der Waals surface area contributed by atoms with E-state index in [1.54, 1.807) is 31.2 Å². The van der Waals surface area contributed by atoms with Gasteiger partial charge in [0.1, 0.15) is 17.7 Å². The number of hydrogen-bond acceptors (Lipinski definition) is 4. The summed E-state index contributed by atoms with van der Waals surface area (Å²) >= 11 is 0. The van der Waals surface area contributed by atoms with E-state index in [4.69, 9.17) is 9.47 Å². The van der Waals surface area contributed by atoms with Gasteiger partial charge in [0.25, 0.3) is 5.91 Å². The Morgan fingerprint density at radius 1 is 1.00 bits per heavy atom. The summed E-state index contributed by atoms with van der Waals surface area (Å²) in [7, 11) is 0. The highest BCUT2D eigenvalue weighted by Crippen LogP contribution is 2.22. The smallest absolute Gasteiger partial charge is 0.347 e. The summed E-state index contributed by atoms with van der Waals surface area (Å²) in [6, 6.07) is 12.0. The normalized spacial score (nSPS) is 15.5. The van der Waals surface area contributed by atoms with Crippen LogP contribution >= 0.6 is 0 Å². The summed E-state index contributed by atoms with van der Waals surface area (Å²) in [4.78, 5) is 24.4. The molecule has 1 N–H and O–H groups in total. The Bertz CT molecular complexity index is 798. The molecule has 0 aliphatic heterocycles. The average Bonchev–Trinajstić information content (AvgIpc) is 2.71. The summed E-state index contributed by atoms with van der Waals surface area (Å²) < 4.78 is 24.1. The van der Waals surface area contributed by atoms with Gasteiger partial charge in [0, 0.05) is 11.3 Å². The van der Waals surface area contributed by atoms with Gasteiger partial charge in [0.2, 0.25) is 0 Å². The van der Waals surface area contributed by atoms with Crippen molar-refractivity contribution in [3.05, 3.63) is 59.9 Å². The highest BCUT2D eigenvalue weighted by atomic mass is 19.1. The van der Waals surface area contributed by atoms with Crippen LogP contribution in [0.2, 0.25) is 0 Å². The molecule has 5 nitrogen and oxygen atoms in total. The molecule has 0 heterocycles. The maximum Gasteiger partial charge on any atom is 0.347 e. The van der Waals surface area contributed by atoms with Gasteiger partial charge in [-0.25, -0.2) is 9.18 Å². The number of hydrogen-bond donors (Lipinski definition) is 1. The van der Waals surface area contributed by atoms with Gasteiger partial charge in [-0.1, -0.05) is 6.42 Å². The van der Waals surface area contributed by atoms with Crippen LogP contribution in [0.4, 0.5) is 10.1 Å². The minimum absolute atomic E-state index is 0.00941. The van der Waals surface area contributed by atoms with Crippen LogP contribution in [0.1, 0.15) is 49.4 Å². The van der Waals surface area contributed by atoms with E-state index in [9.17, 15) is 14.0 Å². The lowest BCUT2D eigenvalue weighted by molar-refractivity contribution is -0.158. The van der Waals surface area contributed by atoms with Crippen LogP contribution in [0.15, 0.2) is 48.5 Å². The molecule has 148 valence electrons. The van der Waals surface area contributed by atoms with Crippen molar-refractivity contribution in [3.63, 3.8) is 0 Å². The van der Waals surface area contributed by atoms with Gasteiger partial charge in [-0.3, -0.25) is 4.79 Å². The lowest BCUT2D eigenvalue weighted by Crippen LogP contribution is -2.31. The van der Waals surface area contributed by atoms with Gasteiger partial charge in [0.15, 0.2) is 6.10 Å². The van der Waals surface area contributed by atoms with Crippen molar-refractivity contribution in [3.8, 4) is 5.75 Å². The fourth-order valence-corrected chi connectivity index (χ4v) is 3.12. The first-order valence-electron chi connectivity index (χ1n) is 9.55. The van der Waals surface area contributed by atoms with E-state index in [1.807, 2.05) is 0 Å². The van der Waals surface area contributed by atoms with E-state index in [2.05, 4.69) is 5.32 Å². The minimum Gasteiger partial charge on any atom is -0.479 e. The molecule has 0 bridgehead atoms. The number of benzene rings is 2. The van der Waals surface area contributed by atoms with E-state index in [0.717, 1.165) is 25.7 Å². The highest BCUT2D eigenvalue weighted by molar-refractivity contribution is 6.04. The Labute approximate surface area is 163 Å². The third-order valence-electron chi connectivity index (χ3n) is 4.70. The van der Waals surface area contributed by atoms with Crippen LogP contribution < -0.4 is 10.1 Å². The van der Waals surface area contributed by atoms with Gasteiger partial charge in [0.05, 0.1) is 0 Å². The molecule has 0 saturated heterocycles. The van der Waals surface area contributed by atoms with E-state index in [0.29, 0.717) is 17.0 Å². The van der Waals surface area contributed by atoms with E-state index in [1.165, 1.54) is 30.7 Å². The first-order chi connectivity index (χ1) is 13.5. The lowest BCUT2D eigenvalue weighted by atomic mass is 9.98. The Morgan fingerprint density at radius 3 is 2.29 bits per heavy atom. The molecule has 2 aromatic rings. The maximum atomic E-state index is 12.9. The van der Waals surface area contributed by atoms with Crippen molar-refractivity contribution in [1.29, 1.82) is 0 Å². The van der Waals surface area contributed by atoms with Crippen LogP contribution in [0.5, 0.6) is 5.75 Å². The van der Waals surface area contributed by atoms with Crippen molar-refractivity contribution in [2.45, 2.75) is 51.2 Å². The molecule has 1 aliphatic rings. The van der Waals surface area contributed by atoms with Crippen LogP contribution in [0.3, 0.4) is 0 Å². The van der Waals surface area contributed by atoms with Crippen molar-refractivity contribution in [2.24, 2.45) is 0 Å². The molecule has 0 radical (unpaired) electrons. The quantitative estimate of drug-likeness (QED) is 0.731. The summed E-state index contributed by atoms with van der Waals surface area (Å²) in [5, 5.41) is 2.69. The second kappa shape index (κ2) is 9.35. The van der Waals surface area contributed by atoms with Gasteiger partial charge in [-0.2, -0.15) is 0 Å². The van der Waals surface area contributed by atoms with E-state index in [-0.39, 0.29) is 23.8 Å². The van der Waals surface area contributed by atoms with Crippen molar-refractivity contribution < 1.29 is 23.5 Å². The molecule has 1 aliphatic carbocycles. The van der Waals surface area contributed by atoms with Crippen molar-refractivity contribution >= 4 is 17.6 Å². The van der Waals surface area contributed by atoms with Gasteiger partial charge < -0.3 is 14.8 Å². The molecule has 0 unspecified atom stereocenters. The first-order valence-corrected chi connectivity index (χ1v) is 9.55. The molecule has 1 amide bonds. The fraction of sp³-hybridized carbons (Fsp3) is 0.364. The van der Waals surface area contributed by atoms with Crippen LogP contribution in [0.25, 0.3) is 0 Å². The number of esters is 1. The largest absolute Gasteiger partial charge is 0.479 e. The Kier molecular flexibility index (Phi) is 6.63. The predicted octanol–water partition coefficient (Wildman–Crippen LogP) is 4.72. The standard InChI is InChI=1S/C22H24FNO4/c1-15(22(26)28-19-5-3-2-4-6-19)27-20-13-7-16(8-14-20)21(25)24-18-11-9-17(23)10-12-18/h7-15,19H,2-6H2,1H3,(H,24,25)/t15-/m1/s1. The lowest BCUT2D eigenvalue weighted by Gasteiger charge is -2.23. The molecule has 0 aromatic heterocycles. The first kappa shape index (κ1) is 19.9.